The van der Waals surface area contributed by atoms with Crippen LogP contribution in [0, 0.1) is 0 Å². The van der Waals surface area contributed by atoms with Gasteiger partial charge in [0.25, 0.3) is 5.91 Å². The van der Waals surface area contributed by atoms with Gasteiger partial charge >= 0.3 is 0 Å². The molecule has 1 amide bonds. The highest BCUT2D eigenvalue weighted by molar-refractivity contribution is 8.19. The quantitative estimate of drug-likeness (QED) is 0.560. The van der Waals surface area contributed by atoms with Crippen LogP contribution < -0.4 is 14.4 Å². The van der Waals surface area contributed by atoms with E-state index in [4.69, 9.17) is 14.5 Å². The number of rotatable bonds is 5. The van der Waals surface area contributed by atoms with Gasteiger partial charge in [0.2, 0.25) is 0 Å². The number of anilines is 1. The molecule has 0 aliphatic carbocycles. The smallest absolute Gasteiger partial charge is 0.271 e. The van der Waals surface area contributed by atoms with Gasteiger partial charge in [-0.1, -0.05) is 12.1 Å². The van der Waals surface area contributed by atoms with Crippen molar-refractivity contribution in [2.75, 3.05) is 19.1 Å². The number of amidine groups is 1. The summed E-state index contributed by atoms with van der Waals surface area (Å²) in [6.07, 6.45) is 1.79. The number of carbonyl (C=O) groups is 1. The molecule has 1 aliphatic heterocycles. The van der Waals surface area contributed by atoms with Crippen LogP contribution >= 0.6 is 11.8 Å². The minimum absolute atomic E-state index is 0.171. The molecular weight excluding hydrogens is 412 g/mol. The first-order valence-corrected chi connectivity index (χ1v) is 10.3. The Morgan fingerprint density at radius 3 is 2.03 bits per heavy atom. The van der Waals surface area contributed by atoms with Gasteiger partial charge in [-0.3, -0.25) is 9.69 Å². The van der Waals surface area contributed by atoms with Crippen LogP contribution in [0.5, 0.6) is 17.2 Å². The molecule has 4 rings (SSSR count). The minimum Gasteiger partial charge on any atom is -0.508 e. The summed E-state index contributed by atoms with van der Waals surface area (Å²) in [5.41, 5.74) is 2.22. The van der Waals surface area contributed by atoms with E-state index in [0.29, 0.717) is 27.2 Å². The summed E-state index contributed by atoms with van der Waals surface area (Å²) in [5.74, 6) is 1.44. The fraction of sp³-hybridized carbons (Fsp3) is 0.0833. The number of hydrogen-bond donors (Lipinski definition) is 1. The molecule has 3 aromatic rings. The van der Waals surface area contributed by atoms with E-state index in [1.807, 2.05) is 36.4 Å². The van der Waals surface area contributed by atoms with Crippen LogP contribution in [0.3, 0.4) is 0 Å². The number of phenolic OH excluding ortho intramolecular Hbond substituents is 1. The lowest BCUT2D eigenvalue weighted by Gasteiger charge is -2.16. The van der Waals surface area contributed by atoms with Crippen LogP contribution in [0.25, 0.3) is 6.08 Å². The maximum atomic E-state index is 13.3. The third kappa shape index (κ3) is 4.57. The zero-order valence-electron chi connectivity index (χ0n) is 17.0. The van der Waals surface area contributed by atoms with Crippen molar-refractivity contribution >= 4 is 40.3 Å². The van der Waals surface area contributed by atoms with Gasteiger partial charge in [0, 0.05) is 0 Å². The Balaban J connectivity index is 1.74. The van der Waals surface area contributed by atoms with E-state index in [-0.39, 0.29) is 11.7 Å². The van der Waals surface area contributed by atoms with Crippen LogP contribution in [0.1, 0.15) is 5.56 Å². The van der Waals surface area contributed by atoms with Crippen molar-refractivity contribution in [1.82, 2.24) is 0 Å². The third-order valence-corrected chi connectivity index (χ3v) is 5.59. The Bertz CT molecular complexity index is 1140. The Morgan fingerprint density at radius 1 is 0.871 bits per heavy atom. The summed E-state index contributed by atoms with van der Waals surface area (Å²) in [5, 5.41) is 10.1. The first-order chi connectivity index (χ1) is 15.1. The van der Waals surface area contributed by atoms with Gasteiger partial charge in [-0.05, 0) is 84.1 Å². The van der Waals surface area contributed by atoms with Gasteiger partial charge in [-0.25, -0.2) is 4.99 Å². The molecule has 1 saturated heterocycles. The lowest BCUT2D eigenvalue weighted by molar-refractivity contribution is -0.113. The van der Waals surface area contributed by atoms with Crippen LogP contribution in [0.2, 0.25) is 0 Å². The highest BCUT2D eigenvalue weighted by Crippen LogP contribution is 2.38. The summed E-state index contributed by atoms with van der Waals surface area (Å²) in [7, 11) is 3.21. The van der Waals surface area contributed by atoms with E-state index in [9.17, 15) is 9.90 Å². The largest absolute Gasteiger partial charge is 0.508 e. The minimum atomic E-state index is -0.171. The number of aliphatic imine (C=N–C) groups is 1. The molecule has 0 unspecified atom stereocenters. The monoisotopic (exact) mass is 432 g/mol. The molecule has 3 aromatic carbocycles. The van der Waals surface area contributed by atoms with Gasteiger partial charge in [0.15, 0.2) is 5.17 Å². The van der Waals surface area contributed by atoms with E-state index < -0.39 is 0 Å². The van der Waals surface area contributed by atoms with E-state index in [1.54, 1.807) is 61.6 Å². The van der Waals surface area contributed by atoms with Gasteiger partial charge in [0.05, 0.1) is 30.5 Å². The lowest BCUT2D eigenvalue weighted by Crippen LogP contribution is -2.28. The number of methoxy groups -OCH3 is 2. The SMILES string of the molecule is COc1ccc(N=C2SC(=Cc3ccc(O)cc3)C(=O)N2c2ccc(OC)cc2)cc1. The zero-order valence-corrected chi connectivity index (χ0v) is 17.8. The van der Waals surface area contributed by atoms with Crippen molar-refractivity contribution in [3.63, 3.8) is 0 Å². The highest BCUT2D eigenvalue weighted by atomic mass is 32.2. The summed E-state index contributed by atoms with van der Waals surface area (Å²) in [6, 6.07) is 21.3. The topological polar surface area (TPSA) is 71.4 Å². The number of amides is 1. The Hall–Kier alpha value is -3.71. The molecule has 1 aliphatic rings. The van der Waals surface area contributed by atoms with Crippen molar-refractivity contribution in [3.8, 4) is 17.2 Å². The third-order valence-electron chi connectivity index (χ3n) is 4.63. The maximum Gasteiger partial charge on any atom is 0.271 e. The van der Waals surface area contributed by atoms with E-state index in [1.165, 1.54) is 11.8 Å². The molecule has 0 atom stereocenters. The molecule has 31 heavy (non-hydrogen) atoms. The number of hydrogen-bond acceptors (Lipinski definition) is 6. The van der Waals surface area contributed by atoms with Crippen LogP contribution in [0.4, 0.5) is 11.4 Å². The number of carbonyl (C=O) groups excluding carboxylic acids is 1. The first kappa shape index (κ1) is 20.6. The van der Waals surface area contributed by atoms with E-state index >= 15 is 0 Å². The molecule has 0 bridgehead atoms. The van der Waals surface area contributed by atoms with E-state index in [0.717, 1.165) is 11.3 Å². The van der Waals surface area contributed by atoms with Gasteiger partial charge in [0.1, 0.15) is 17.2 Å². The van der Waals surface area contributed by atoms with Crippen LogP contribution in [0.15, 0.2) is 82.7 Å². The van der Waals surface area contributed by atoms with Gasteiger partial charge < -0.3 is 14.6 Å². The van der Waals surface area contributed by atoms with Crippen molar-refractivity contribution in [2.24, 2.45) is 4.99 Å². The molecule has 156 valence electrons. The second-order valence-corrected chi connectivity index (χ2v) is 7.64. The van der Waals surface area contributed by atoms with Crippen LogP contribution in [-0.4, -0.2) is 30.4 Å². The average molecular weight is 433 g/mol. The molecule has 0 spiro atoms. The van der Waals surface area contributed by atoms with E-state index in [2.05, 4.69) is 0 Å². The summed E-state index contributed by atoms with van der Waals surface area (Å²) in [4.78, 5) is 20.1. The van der Waals surface area contributed by atoms with Crippen molar-refractivity contribution in [1.29, 1.82) is 0 Å². The summed E-state index contributed by atoms with van der Waals surface area (Å²) < 4.78 is 10.4. The number of nitrogens with zero attached hydrogens (tertiary/aromatic N) is 2. The number of thioether (sulfide) groups is 1. The van der Waals surface area contributed by atoms with Gasteiger partial charge in [-0.15, -0.1) is 0 Å². The molecule has 1 N–H and O–H groups in total. The molecule has 0 saturated carbocycles. The number of ether oxygens (including phenoxy) is 2. The highest BCUT2D eigenvalue weighted by Gasteiger charge is 2.34. The first-order valence-electron chi connectivity index (χ1n) is 9.47. The normalized spacial score (nSPS) is 16.2. The summed E-state index contributed by atoms with van der Waals surface area (Å²) >= 11 is 1.30. The van der Waals surface area contributed by atoms with Gasteiger partial charge in [-0.2, -0.15) is 0 Å². The fourth-order valence-electron chi connectivity index (χ4n) is 3.00. The lowest BCUT2D eigenvalue weighted by atomic mass is 10.2. The molecular formula is C24H20N2O4S. The maximum absolute atomic E-state index is 13.3. The fourth-order valence-corrected chi connectivity index (χ4v) is 4.00. The zero-order chi connectivity index (χ0) is 21.8. The molecule has 6 nitrogen and oxygen atoms in total. The number of phenols is 1. The number of aromatic hydroxyl groups is 1. The predicted molar refractivity (Wildman–Crippen MR) is 124 cm³/mol. The van der Waals surface area contributed by atoms with Crippen molar-refractivity contribution in [3.05, 3.63) is 83.3 Å². The van der Waals surface area contributed by atoms with Crippen molar-refractivity contribution < 1.29 is 19.4 Å². The summed E-state index contributed by atoms with van der Waals surface area (Å²) in [6.45, 7) is 0. The molecule has 1 fully saturated rings. The standard InChI is InChI=1S/C24H20N2O4S/c1-29-20-11-5-17(6-12-20)25-24-26(18-7-13-21(30-2)14-8-18)23(28)22(31-24)15-16-3-9-19(27)10-4-16/h3-15,27H,1-2H3. The molecule has 1 heterocycles. The number of benzene rings is 3. The average Bonchev–Trinajstić information content (AvgIpc) is 3.10. The second kappa shape index (κ2) is 8.97. The molecule has 0 radical (unpaired) electrons. The molecule has 7 heteroatoms. The van der Waals surface area contributed by atoms with Crippen molar-refractivity contribution in [2.45, 2.75) is 0 Å². The predicted octanol–water partition coefficient (Wildman–Crippen LogP) is 5.22. The second-order valence-electron chi connectivity index (χ2n) is 6.63. The Kier molecular flexibility index (Phi) is 5.95. The van der Waals surface area contributed by atoms with Crippen LogP contribution in [-0.2, 0) is 4.79 Å². The Labute approximate surface area is 184 Å². The Morgan fingerprint density at radius 2 is 1.45 bits per heavy atom. The molecule has 0 aromatic heterocycles.